The molecule has 0 bridgehead atoms. The Hall–Kier alpha value is -1.82. The lowest BCUT2D eigenvalue weighted by Gasteiger charge is -2.43. The van der Waals surface area contributed by atoms with Crippen LogP contribution >= 0.6 is 0 Å². The highest BCUT2D eigenvalue weighted by molar-refractivity contribution is 5.32. The molecule has 0 radical (unpaired) electrons. The van der Waals surface area contributed by atoms with E-state index in [1.165, 1.54) is 50.1 Å². The van der Waals surface area contributed by atoms with Gasteiger partial charge in [-0.3, -0.25) is 14.7 Å². The number of piperazine rings is 1. The second-order valence-electron chi connectivity index (χ2n) is 8.62. The van der Waals surface area contributed by atoms with Gasteiger partial charge >= 0.3 is 0 Å². The highest BCUT2D eigenvalue weighted by atomic mass is 19.1. The lowest BCUT2D eigenvalue weighted by molar-refractivity contribution is 0.0651. The van der Waals surface area contributed by atoms with Crippen molar-refractivity contribution in [1.29, 1.82) is 0 Å². The van der Waals surface area contributed by atoms with Gasteiger partial charge in [-0.15, -0.1) is 0 Å². The zero-order chi connectivity index (χ0) is 20.9. The largest absolute Gasteiger partial charge is 0.299 e. The highest BCUT2D eigenvalue weighted by Gasteiger charge is 2.29. The maximum absolute atomic E-state index is 13.5. The molecular formula is C25H33F2N3. The van der Waals surface area contributed by atoms with Crippen LogP contribution in [-0.4, -0.2) is 66.6 Å². The van der Waals surface area contributed by atoms with Crippen molar-refractivity contribution in [2.45, 2.75) is 38.3 Å². The van der Waals surface area contributed by atoms with E-state index in [1.807, 2.05) is 24.3 Å². The van der Waals surface area contributed by atoms with Gasteiger partial charge < -0.3 is 0 Å². The summed E-state index contributed by atoms with van der Waals surface area (Å²) in [4.78, 5) is 7.69. The number of hydrogen-bond acceptors (Lipinski definition) is 3. The van der Waals surface area contributed by atoms with Crippen LogP contribution in [0.2, 0.25) is 0 Å². The van der Waals surface area contributed by atoms with E-state index in [0.717, 1.165) is 50.4 Å². The molecule has 0 spiro atoms. The first kappa shape index (κ1) is 21.4. The van der Waals surface area contributed by atoms with Crippen LogP contribution in [0.1, 0.15) is 43.4 Å². The minimum Gasteiger partial charge on any atom is -0.299 e. The lowest BCUT2D eigenvalue weighted by Crippen LogP contribution is -2.53. The third-order valence-electron chi connectivity index (χ3n) is 6.77. The molecule has 3 nitrogen and oxygen atoms in total. The van der Waals surface area contributed by atoms with Crippen molar-refractivity contribution in [2.24, 2.45) is 0 Å². The molecule has 2 aliphatic heterocycles. The standard InChI is InChI=1S/C25H33F2N3/c1-2-29-14-4-3-5-24(29)19-28-15-17-30(18-16-28)25(20-6-10-22(26)11-7-20)21-8-12-23(27)13-9-21/h6-13,24-25H,2-5,14-19H2,1H3. The Morgan fingerprint density at radius 1 is 0.800 bits per heavy atom. The Labute approximate surface area is 179 Å². The van der Waals surface area contributed by atoms with Gasteiger partial charge in [0.25, 0.3) is 0 Å². The van der Waals surface area contributed by atoms with Crippen molar-refractivity contribution < 1.29 is 8.78 Å². The average molecular weight is 414 g/mol. The van der Waals surface area contributed by atoms with E-state index in [-0.39, 0.29) is 17.7 Å². The quantitative estimate of drug-likeness (QED) is 0.688. The van der Waals surface area contributed by atoms with Crippen LogP contribution < -0.4 is 0 Å². The fourth-order valence-electron chi connectivity index (χ4n) is 5.09. The van der Waals surface area contributed by atoms with Crippen LogP contribution in [0.4, 0.5) is 8.78 Å². The number of likely N-dealkylation sites (tertiary alicyclic amines) is 1. The van der Waals surface area contributed by atoms with Crippen molar-refractivity contribution in [3.63, 3.8) is 0 Å². The van der Waals surface area contributed by atoms with Crippen LogP contribution in [0.15, 0.2) is 48.5 Å². The topological polar surface area (TPSA) is 9.72 Å². The smallest absolute Gasteiger partial charge is 0.123 e. The molecule has 2 heterocycles. The van der Waals surface area contributed by atoms with Crippen LogP contribution in [-0.2, 0) is 0 Å². The molecule has 2 aromatic rings. The molecule has 4 rings (SSSR count). The number of halogens is 2. The first-order chi connectivity index (χ1) is 14.6. The van der Waals surface area contributed by atoms with Crippen LogP contribution in [0.5, 0.6) is 0 Å². The van der Waals surface area contributed by atoms with Crippen molar-refractivity contribution in [3.05, 3.63) is 71.3 Å². The summed E-state index contributed by atoms with van der Waals surface area (Å²) in [6, 6.07) is 14.2. The first-order valence-corrected chi connectivity index (χ1v) is 11.4. The van der Waals surface area contributed by atoms with E-state index in [1.54, 1.807) is 0 Å². The molecule has 2 aliphatic rings. The van der Waals surface area contributed by atoms with E-state index in [2.05, 4.69) is 21.6 Å². The number of benzene rings is 2. The number of piperidine rings is 1. The Balaban J connectivity index is 1.45. The molecule has 162 valence electrons. The SMILES string of the molecule is CCN1CCCCC1CN1CCN(C(c2ccc(F)cc2)c2ccc(F)cc2)CC1. The van der Waals surface area contributed by atoms with Gasteiger partial charge in [-0.25, -0.2) is 8.78 Å². The summed E-state index contributed by atoms with van der Waals surface area (Å²) in [6.07, 6.45) is 3.98. The predicted molar refractivity (Wildman–Crippen MR) is 118 cm³/mol. The monoisotopic (exact) mass is 413 g/mol. The van der Waals surface area contributed by atoms with Crippen molar-refractivity contribution >= 4 is 0 Å². The third-order valence-corrected chi connectivity index (χ3v) is 6.77. The fourth-order valence-corrected chi connectivity index (χ4v) is 5.09. The van der Waals surface area contributed by atoms with Crippen LogP contribution in [0.3, 0.4) is 0 Å². The van der Waals surface area contributed by atoms with Crippen molar-refractivity contribution in [2.75, 3.05) is 45.8 Å². The second-order valence-corrected chi connectivity index (χ2v) is 8.62. The summed E-state index contributed by atoms with van der Waals surface area (Å²) in [5.41, 5.74) is 2.11. The molecule has 2 aromatic carbocycles. The molecule has 0 N–H and O–H groups in total. The Morgan fingerprint density at radius 3 is 1.90 bits per heavy atom. The van der Waals surface area contributed by atoms with Gasteiger partial charge in [-0.1, -0.05) is 37.6 Å². The maximum Gasteiger partial charge on any atom is 0.123 e. The summed E-state index contributed by atoms with van der Waals surface area (Å²) in [5, 5.41) is 0. The zero-order valence-electron chi connectivity index (χ0n) is 17.9. The number of rotatable bonds is 6. The van der Waals surface area contributed by atoms with Gasteiger partial charge in [0.15, 0.2) is 0 Å². The van der Waals surface area contributed by atoms with Gasteiger partial charge in [0.2, 0.25) is 0 Å². The van der Waals surface area contributed by atoms with Gasteiger partial charge in [0, 0.05) is 38.8 Å². The molecule has 0 saturated carbocycles. The van der Waals surface area contributed by atoms with E-state index >= 15 is 0 Å². The van der Waals surface area contributed by atoms with Crippen molar-refractivity contribution in [1.82, 2.24) is 14.7 Å². The fraction of sp³-hybridized carbons (Fsp3) is 0.520. The number of hydrogen-bond donors (Lipinski definition) is 0. The number of likely N-dealkylation sites (N-methyl/N-ethyl adjacent to an activating group) is 1. The molecule has 0 aromatic heterocycles. The third kappa shape index (κ3) is 5.08. The zero-order valence-corrected chi connectivity index (χ0v) is 17.9. The molecule has 2 fully saturated rings. The Kier molecular flexibility index (Phi) is 7.13. The molecule has 1 atom stereocenters. The highest BCUT2D eigenvalue weighted by Crippen LogP contribution is 2.30. The molecule has 0 aliphatic carbocycles. The molecular weight excluding hydrogens is 380 g/mol. The average Bonchev–Trinajstić information content (AvgIpc) is 2.78. The van der Waals surface area contributed by atoms with E-state index in [0.29, 0.717) is 6.04 Å². The summed E-state index contributed by atoms with van der Waals surface area (Å²) >= 11 is 0. The summed E-state index contributed by atoms with van der Waals surface area (Å²) in [6.45, 7) is 9.78. The summed E-state index contributed by atoms with van der Waals surface area (Å²) in [7, 11) is 0. The van der Waals surface area contributed by atoms with Crippen LogP contribution in [0, 0.1) is 11.6 Å². The van der Waals surface area contributed by atoms with Gasteiger partial charge in [0.05, 0.1) is 6.04 Å². The molecule has 30 heavy (non-hydrogen) atoms. The predicted octanol–water partition coefficient (Wildman–Crippen LogP) is 4.55. The number of nitrogens with zero attached hydrogens (tertiary/aromatic N) is 3. The maximum atomic E-state index is 13.5. The van der Waals surface area contributed by atoms with Crippen LogP contribution in [0.25, 0.3) is 0 Å². The summed E-state index contributed by atoms with van der Waals surface area (Å²) in [5.74, 6) is -0.455. The molecule has 0 amide bonds. The van der Waals surface area contributed by atoms with E-state index in [9.17, 15) is 8.78 Å². The van der Waals surface area contributed by atoms with E-state index < -0.39 is 0 Å². The summed E-state index contributed by atoms with van der Waals surface area (Å²) < 4.78 is 27.0. The molecule has 1 unspecified atom stereocenters. The molecule has 5 heteroatoms. The lowest BCUT2D eigenvalue weighted by atomic mass is 9.96. The van der Waals surface area contributed by atoms with E-state index in [4.69, 9.17) is 0 Å². The minimum absolute atomic E-state index is 0.0233. The first-order valence-electron chi connectivity index (χ1n) is 11.4. The minimum atomic E-state index is -0.227. The second kappa shape index (κ2) is 9.99. The normalized spacial score (nSPS) is 21.9. The Bertz CT molecular complexity index is 740. The molecule has 2 saturated heterocycles. The van der Waals surface area contributed by atoms with Gasteiger partial charge in [0.1, 0.15) is 11.6 Å². The van der Waals surface area contributed by atoms with Gasteiger partial charge in [-0.05, 0) is 61.3 Å². The van der Waals surface area contributed by atoms with Crippen molar-refractivity contribution in [3.8, 4) is 0 Å². The van der Waals surface area contributed by atoms with Gasteiger partial charge in [-0.2, -0.15) is 0 Å². The Morgan fingerprint density at radius 2 is 1.37 bits per heavy atom.